The normalized spacial score (nSPS) is 12.4. The number of carboxylic acids is 1. The zero-order chi connectivity index (χ0) is 14.6. The van der Waals surface area contributed by atoms with Gasteiger partial charge in [0.15, 0.2) is 0 Å². The third-order valence-corrected chi connectivity index (χ3v) is 3.34. The highest BCUT2D eigenvalue weighted by molar-refractivity contribution is 9.10. The lowest BCUT2D eigenvalue weighted by Crippen LogP contribution is -2.40. The zero-order valence-corrected chi connectivity index (χ0v) is 12.2. The second-order valence-electron chi connectivity index (χ2n) is 4.48. The molecule has 0 aliphatic heterocycles. The van der Waals surface area contributed by atoms with Crippen molar-refractivity contribution in [2.24, 2.45) is 5.92 Å². The molecule has 0 saturated heterocycles. The molecule has 104 valence electrons. The second-order valence-corrected chi connectivity index (χ2v) is 5.34. The van der Waals surface area contributed by atoms with Gasteiger partial charge in [-0.3, -0.25) is 14.9 Å². The van der Waals surface area contributed by atoms with E-state index in [0.29, 0.717) is 10.0 Å². The summed E-state index contributed by atoms with van der Waals surface area (Å²) < 4.78 is 0.403. The predicted octanol–water partition coefficient (Wildman–Crippen LogP) is 2.56. The minimum atomic E-state index is -0.929. The molecule has 1 aromatic rings. The quantitative estimate of drug-likeness (QED) is 0.617. The van der Waals surface area contributed by atoms with Crippen LogP contribution in [0.15, 0.2) is 22.7 Å². The Bertz CT molecular complexity index is 491. The highest BCUT2D eigenvalue weighted by Gasteiger charge is 2.21. The van der Waals surface area contributed by atoms with Crippen LogP contribution in [0.2, 0.25) is 0 Å². The van der Waals surface area contributed by atoms with Crippen LogP contribution in [-0.4, -0.2) is 22.0 Å². The van der Waals surface area contributed by atoms with E-state index >= 15 is 0 Å². The van der Waals surface area contributed by atoms with E-state index in [1.807, 2.05) is 0 Å². The van der Waals surface area contributed by atoms with Gasteiger partial charge in [0, 0.05) is 12.6 Å². The summed E-state index contributed by atoms with van der Waals surface area (Å²) in [7, 11) is 0. The fraction of sp³-hybridized carbons (Fsp3) is 0.417. The van der Waals surface area contributed by atoms with Crippen molar-refractivity contribution in [1.82, 2.24) is 5.32 Å². The van der Waals surface area contributed by atoms with Crippen molar-refractivity contribution in [3.05, 3.63) is 38.3 Å². The van der Waals surface area contributed by atoms with Gasteiger partial charge in [-0.2, -0.15) is 0 Å². The number of nitro groups is 1. The first-order chi connectivity index (χ1) is 8.82. The van der Waals surface area contributed by atoms with Crippen LogP contribution in [0.4, 0.5) is 5.69 Å². The van der Waals surface area contributed by atoms with Crippen LogP contribution in [0.3, 0.4) is 0 Å². The van der Waals surface area contributed by atoms with E-state index in [4.69, 9.17) is 5.11 Å². The van der Waals surface area contributed by atoms with Crippen molar-refractivity contribution in [3.8, 4) is 0 Å². The molecule has 0 spiro atoms. The monoisotopic (exact) mass is 330 g/mol. The minimum absolute atomic E-state index is 0.0317. The Balaban J connectivity index is 2.80. The van der Waals surface area contributed by atoms with E-state index in [9.17, 15) is 14.9 Å². The van der Waals surface area contributed by atoms with Gasteiger partial charge < -0.3 is 10.4 Å². The number of carbonyl (C=O) groups is 1. The largest absolute Gasteiger partial charge is 0.480 e. The molecule has 0 aliphatic carbocycles. The van der Waals surface area contributed by atoms with Crippen LogP contribution in [-0.2, 0) is 11.3 Å². The highest BCUT2D eigenvalue weighted by atomic mass is 79.9. The lowest BCUT2D eigenvalue weighted by molar-refractivity contribution is -0.385. The molecule has 1 unspecified atom stereocenters. The standard InChI is InChI=1S/C12H15BrN2O4/c1-7(2)11(12(16)17)14-6-8-3-4-9(13)10(5-8)15(18)19/h3-5,7,11,14H,6H2,1-2H3,(H,16,17). The van der Waals surface area contributed by atoms with Crippen molar-refractivity contribution >= 4 is 27.6 Å². The first kappa shape index (κ1) is 15.6. The van der Waals surface area contributed by atoms with E-state index in [2.05, 4.69) is 21.2 Å². The molecular formula is C12H15BrN2O4. The van der Waals surface area contributed by atoms with E-state index in [-0.39, 0.29) is 18.2 Å². The Labute approximate surface area is 119 Å². The van der Waals surface area contributed by atoms with Gasteiger partial charge in [0.25, 0.3) is 5.69 Å². The zero-order valence-electron chi connectivity index (χ0n) is 10.6. The molecule has 1 rings (SSSR count). The maximum atomic E-state index is 11.0. The first-order valence-corrected chi connectivity index (χ1v) is 6.51. The smallest absolute Gasteiger partial charge is 0.320 e. The van der Waals surface area contributed by atoms with Crippen molar-refractivity contribution in [2.45, 2.75) is 26.4 Å². The van der Waals surface area contributed by atoms with E-state index in [0.717, 1.165) is 0 Å². The van der Waals surface area contributed by atoms with E-state index < -0.39 is 16.9 Å². The van der Waals surface area contributed by atoms with Gasteiger partial charge in [-0.15, -0.1) is 0 Å². The fourth-order valence-electron chi connectivity index (χ4n) is 1.64. The maximum absolute atomic E-state index is 11.0. The number of nitro benzene ring substituents is 1. The molecular weight excluding hydrogens is 316 g/mol. The number of rotatable bonds is 6. The number of aliphatic carboxylic acids is 1. The lowest BCUT2D eigenvalue weighted by Gasteiger charge is -2.17. The van der Waals surface area contributed by atoms with E-state index in [1.54, 1.807) is 26.0 Å². The molecule has 19 heavy (non-hydrogen) atoms. The molecule has 2 N–H and O–H groups in total. The van der Waals surface area contributed by atoms with Crippen LogP contribution in [0, 0.1) is 16.0 Å². The number of nitrogens with zero attached hydrogens (tertiary/aromatic N) is 1. The van der Waals surface area contributed by atoms with Gasteiger partial charge in [0.05, 0.1) is 9.40 Å². The summed E-state index contributed by atoms with van der Waals surface area (Å²) in [4.78, 5) is 21.3. The summed E-state index contributed by atoms with van der Waals surface area (Å²) in [6, 6.07) is 4.04. The summed E-state index contributed by atoms with van der Waals surface area (Å²) in [6.45, 7) is 3.87. The number of hydrogen-bond acceptors (Lipinski definition) is 4. The number of carboxylic acid groups (broad SMARTS) is 1. The van der Waals surface area contributed by atoms with Crippen LogP contribution < -0.4 is 5.32 Å². The average molecular weight is 331 g/mol. The first-order valence-electron chi connectivity index (χ1n) is 5.72. The molecule has 0 aromatic heterocycles. The molecule has 0 heterocycles. The van der Waals surface area contributed by atoms with Crippen LogP contribution >= 0.6 is 15.9 Å². The highest BCUT2D eigenvalue weighted by Crippen LogP contribution is 2.25. The van der Waals surface area contributed by atoms with Crippen molar-refractivity contribution < 1.29 is 14.8 Å². The molecule has 0 amide bonds. The Morgan fingerprint density at radius 2 is 2.16 bits per heavy atom. The Morgan fingerprint density at radius 3 is 2.63 bits per heavy atom. The summed E-state index contributed by atoms with van der Waals surface area (Å²) >= 11 is 3.10. The lowest BCUT2D eigenvalue weighted by atomic mass is 10.0. The molecule has 7 heteroatoms. The van der Waals surface area contributed by atoms with Gasteiger partial charge in [0.2, 0.25) is 0 Å². The molecule has 0 fully saturated rings. The fourth-order valence-corrected chi connectivity index (χ4v) is 2.04. The third kappa shape index (κ3) is 4.29. The number of hydrogen-bond donors (Lipinski definition) is 2. The third-order valence-electron chi connectivity index (χ3n) is 2.67. The molecule has 0 aliphatic rings. The molecule has 0 radical (unpaired) electrons. The van der Waals surface area contributed by atoms with Gasteiger partial charge >= 0.3 is 5.97 Å². The minimum Gasteiger partial charge on any atom is -0.480 e. The predicted molar refractivity (Wildman–Crippen MR) is 73.9 cm³/mol. The summed E-state index contributed by atoms with van der Waals surface area (Å²) in [5.74, 6) is -0.996. The van der Waals surface area contributed by atoms with Gasteiger partial charge in [-0.25, -0.2) is 0 Å². The molecule has 0 bridgehead atoms. The maximum Gasteiger partial charge on any atom is 0.320 e. The topological polar surface area (TPSA) is 92.5 Å². The van der Waals surface area contributed by atoms with Crippen LogP contribution in [0.5, 0.6) is 0 Å². The van der Waals surface area contributed by atoms with Crippen LogP contribution in [0.1, 0.15) is 19.4 Å². The average Bonchev–Trinajstić information content (AvgIpc) is 2.30. The number of nitrogens with one attached hydrogen (secondary N) is 1. The van der Waals surface area contributed by atoms with Crippen molar-refractivity contribution in [1.29, 1.82) is 0 Å². The SMILES string of the molecule is CC(C)C(NCc1ccc(Br)c([N+](=O)[O-])c1)C(=O)O. The van der Waals surface area contributed by atoms with E-state index in [1.165, 1.54) is 6.07 Å². The van der Waals surface area contributed by atoms with Gasteiger partial charge in [-0.1, -0.05) is 19.9 Å². The van der Waals surface area contributed by atoms with Crippen LogP contribution in [0.25, 0.3) is 0 Å². The molecule has 0 saturated carbocycles. The van der Waals surface area contributed by atoms with Gasteiger partial charge in [-0.05, 0) is 33.5 Å². The van der Waals surface area contributed by atoms with Gasteiger partial charge in [0.1, 0.15) is 6.04 Å². The van der Waals surface area contributed by atoms with Crippen molar-refractivity contribution in [2.75, 3.05) is 0 Å². The number of halogens is 1. The summed E-state index contributed by atoms with van der Waals surface area (Å²) in [5.41, 5.74) is 0.637. The number of benzene rings is 1. The molecule has 6 nitrogen and oxygen atoms in total. The molecule has 1 atom stereocenters. The summed E-state index contributed by atoms with van der Waals surface area (Å²) in [5, 5.41) is 22.7. The summed E-state index contributed by atoms with van der Waals surface area (Å²) in [6.07, 6.45) is 0. The Kier molecular flexibility index (Phi) is 5.44. The van der Waals surface area contributed by atoms with Crippen molar-refractivity contribution in [3.63, 3.8) is 0 Å². The molecule has 1 aromatic carbocycles. The Hall–Kier alpha value is -1.47. The second kappa shape index (κ2) is 6.63. The Morgan fingerprint density at radius 1 is 1.53 bits per heavy atom.